The van der Waals surface area contributed by atoms with Crippen molar-refractivity contribution in [1.29, 1.82) is 0 Å². The van der Waals surface area contributed by atoms with Crippen LogP contribution in [-0.4, -0.2) is 11.1 Å². The Balaban J connectivity index is 2.15. The SMILES string of the molecule is CC1(C)CCC(Cc2ccsc2)(C(=O)O)CC1. The van der Waals surface area contributed by atoms with Crippen molar-refractivity contribution < 1.29 is 9.90 Å². The molecule has 94 valence electrons. The third-order valence-electron chi connectivity index (χ3n) is 4.14. The molecular weight excluding hydrogens is 232 g/mol. The molecule has 1 aliphatic carbocycles. The fourth-order valence-electron chi connectivity index (χ4n) is 2.66. The van der Waals surface area contributed by atoms with Crippen molar-refractivity contribution in [2.24, 2.45) is 10.8 Å². The summed E-state index contributed by atoms with van der Waals surface area (Å²) in [5.74, 6) is -0.612. The molecule has 1 aromatic heterocycles. The largest absolute Gasteiger partial charge is 0.481 e. The van der Waals surface area contributed by atoms with E-state index in [9.17, 15) is 9.90 Å². The van der Waals surface area contributed by atoms with Crippen molar-refractivity contribution in [3.63, 3.8) is 0 Å². The normalized spacial score (nSPS) is 22.2. The van der Waals surface area contributed by atoms with Gasteiger partial charge < -0.3 is 5.11 Å². The van der Waals surface area contributed by atoms with E-state index in [2.05, 4.69) is 25.3 Å². The van der Waals surface area contributed by atoms with Gasteiger partial charge in [-0.3, -0.25) is 4.79 Å². The minimum Gasteiger partial charge on any atom is -0.481 e. The topological polar surface area (TPSA) is 37.3 Å². The average Bonchev–Trinajstić information content (AvgIpc) is 2.74. The lowest BCUT2D eigenvalue weighted by molar-refractivity contribution is -0.152. The molecule has 1 saturated carbocycles. The second-order valence-electron chi connectivity index (χ2n) is 6.06. The lowest BCUT2D eigenvalue weighted by Gasteiger charge is -2.40. The molecule has 0 unspecified atom stereocenters. The quantitative estimate of drug-likeness (QED) is 0.884. The van der Waals surface area contributed by atoms with Crippen molar-refractivity contribution in [2.45, 2.75) is 46.0 Å². The number of hydrogen-bond acceptors (Lipinski definition) is 2. The van der Waals surface area contributed by atoms with Crippen molar-refractivity contribution in [3.05, 3.63) is 22.4 Å². The van der Waals surface area contributed by atoms with E-state index in [0.717, 1.165) is 25.7 Å². The van der Waals surface area contributed by atoms with Gasteiger partial charge in [0.05, 0.1) is 5.41 Å². The van der Waals surface area contributed by atoms with E-state index in [-0.39, 0.29) is 0 Å². The first-order chi connectivity index (χ1) is 7.94. The number of rotatable bonds is 3. The Morgan fingerprint density at radius 1 is 1.35 bits per heavy atom. The van der Waals surface area contributed by atoms with E-state index in [4.69, 9.17) is 0 Å². The number of carboxylic acids is 1. The summed E-state index contributed by atoms with van der Waals surface area (Å²) in [6.45, 7) is 4.48. The minimum absolute atomic E-state index is 0.313. The zero-order valence-electron chi connectivity index (χ0n) is 10.5. The number of carboxylic acid groups (broad SMARTS) is 1. The van der Waals surface area contributed by atoms with E-state index >= 15 is 0 Å². The van der Waals surface area contributed by atoms with E-state index in [1.165, 1.54) is 5.56 Å². The summed E-state index contributed by atoms with van der Waals surface area (Å²) in [5.41, 5.74) is 0.974. The molecule has 0 radical (unpaired) electrons. The molecule has 0 saturated heterocycles. The summed E-state index contributed by atoms with van der Waals surface area (Å²) in [5, 5.41) is 13.7. The van der Waals surface area contributed by atoms with Gasteiger partial charge >= 0.3 is 5.97 Å². The van der Waals surface area contributed by atoms with Gasteiger partial charge in [-0.15, -0.1) is 0 Å². The molecule has 1 fully saturated rings. The molecule has 2 nitrogen and oxygen atoms in total. The molecule has 1 aliphatic rings. The van der Waals surface area contributed by atoms with Crippen LogP contribution in [0.1, 0.15) is 45.1 Å². The zero-order valence-corrected chi connectivity index (χ0v) is 11.3. The Labute approximate surface area is 107 Å². The van der Waals surface area contributed by atoms with Gasteiger partial charge in [0.15, 0.2) is 0 Å². The average molecular weight is 252 g/mol. The minimum atomic E-state index is -0.612. The van der Waals surface area contributed by atoms with Gasteiger partial charge in [-0.25, -0.2) is 0 Å². The highest BCUT2D eigenvalue weighted by Gasteiger charge is 2.44. The van der Waals surface area contributed by atoms with Gasteiger partial charge in [0.2, 0.25) is 0 Å². The Bertz CT molecular complexity index is 382. The van der Waals surface area contributed by atoms with Crippen molar-refractivity contribution >= 4 is 17.3 Å². The number of carbonyl (C=O) groups is 1. The van der Waals surface area contributed by atoms with Gasteiger partial charge in [-0.2, -0.15) is 11.3 Å². The highest BCUT2D eigenvalue weighted by Crippen LogP contribution is 2.47. The maximum absolute atomic E-state index is 11.6. The number of hydrogen-bond donors (Lipinski definition) is 1. The lowest BCUT2D eigenvalue weighted by atomic mass is 9.63. The van der Waals surface area contributed by atoms with Crippen LogP contribution in [0.25, 0.3) is 0 Å². The highest BCUT2D eigenvalue weighted by atomic mass is 32.1. The maximum Gasteiger partial charge on any atom is 0.309 e. The predicted molar refractivity (Wildman–Crippen MR) is 70.3 cm³/mol. The van der Waals surface area contributed by atoms with Crippen LogP contribution < -0.4 is 0 Å². The van der Waals surface area contributed by atoms with Crippen LogP contribution in [-0.2, 0) is 11.2 Å². The molecule has 2 rings (SSSR count). The van der Waals surface area contributed by atoms with Crippen LogP contribution in [0.2, 0.25) is 0 Å². The Kier molecular flexibility index (Phi) is 3.30. The first kappa shape index (κ1) is 12.6. The van der Waals surface area contributed by atoms with E-state index in [1.807, 2.05) is 5.38 Å². The third-order valence-corrected chi connectivity index (χ3v) is 4.87. The molecule has 1 aromatic rings. The van der Waals surface area contributed by atoms with Gasteiger partial charge in [0.1, 0.15) is 0 Å². The standard InChI is InChI=1S/C14H20O2S/c1-13(2)4-6-14(7-5-13,12(15)16)9-11-3-8-17-10-11/h3,8,10H,4-7,9H2,1-2H3,(H,15,16). The van der Waals surface area contributed by atoms with Crippen LogP contribution in [0.5, 0.6) is 0 Å². The highest BCUT2D eigenvalue weighted by molar-refractivity contribution is 7.07. The van der Waals surface area contributed by atoms with Crippen LogP contribution >= 0.6 is 11.3 Å². The number of aliphatic carboxylic acids is 1. The van der Waals surface area contributed by atoms with Crippen LogP contribution in [0.15, 0.2) is 16.8 Å². The fraction of sp³-hybridized carbons (Fsp3) is 0.643. The number of thiophene rings is 1. The Morgan fingerprint density at radius 3 is 2.47 bits per heavy atom. The van der Waals surface area contributed by atoms with Gasteiger partial charge in [-0.05, 0) is 59.9 Å². The first-order valence-electron chi connectivity index (χ1n) is 6.18. The van der Waals surface area contributed by atoms with E-state index in [1.54, 1.807) is 11.3 Å². The Morgan fingerprint density at radius 2 is 2.00 bits per heavy atom. The van der Waals surface area contributed by atoms with Gasteiger partial charge in [0, 0.05) is 0 Å². The zero-order chi connectivity index (χ0) is 12.5. The molecule has 0 aliphatic heterocycles. The predicted octanol–water partition coefficient (Wildman–Crippen LogP) is 3.96. The Hall–Kier alpha value is -0.830. The van der Waals surface area contributed by atoms with Gasteiger partial charge in [0.25, 0.3) is 0 Å². The molecule has 3 heteroatoms. The molecule has 1 heterocycles. The summed E-state index contributed by atoms with van der Waals surface area (Å²) in [4.78, 5) is 11.6. The van der Waals surface area contributed by atoms with E-state index < -0.39 is 11.4 Å². The smallest absolute Gasteiger partial charge is 0.309 e. The summed E-state index contributed by atoms with van der Waals surface area (Å²) in [6, 6.07) is 2.05. The van der Waals surface area contributed by atoms with Crippen LogP contribution in [0, 0.1) is 10.8 Å². The molecule has 0 bridgehead atoms. The molecule has 0 atom stereocenters. The van der Waals surface area contributed by atoms with Crippen LogP contribution in [0.4, 0.5) is 0 Å². The molecule has 1 N–H and O–H groups in total. The van der Waals surface area contributed by atoms with Crippen molar-refractivity contribution in [2.75, 3.05) is 0 Å². The lowest BCUT2D eigenvalue weighted by Crippen LogP contribution is -2.39. The summed E-state index contributed by atoms with van der Waals surface area (Å²) in [6.07, 6.45) is 4.35. The molecule has 0 spiro atoms. The second kappa shape index (κ2) is 4.45. The van der Waals surface area contributed by atoms with Crippen molar-refractivity contribution in [1.82, 2.24) is 0 Å². The maximum atomic E-state index is 11.6. The summed E-state index contributed by atoms with van der Waals surface area (Å²) < 4.78 is 0. The molecular formula is C14H20O2S. The monoisotopic (exact) mass is 252 g/mol. The van der Waals surface area contributed by atoms with Crippen LogP contribution in [0.3, 0.4) is 0 Å². The van der Waals surface area contributed by atoms with Gasteiger partial charge in [-0.1, -0.05) is 13.8 Å². The molecule has 0 aromatic carbocycles. The van der Waals surface area contributed by atoms with Crippen molar-refractivity contribution in [3.8, 4) is 0 Å². The first-order valence-corrected chi connectivity index (χ1v) is 7.12. The summed E-state index contributed by atoms with van der Waals surface area (Å²) >= 11 is 1.65. The molecule has 17 heavy (non-hydrogen) atoms. The fourth-order valence-corrected chi connectivity index (χ4v) is 3.32. The third kappa shape index (κ3) is 2.71. The summed E-state index contributed by atoms with van der Waals surface area (Å²) in [7, 11) is 0. The van der Waals surface area contributed by atoms with E-state index in [0.29, 0.717) is 11.8 Å². The second-order valence-corrected chi connectivity index (χ2v) is 6.84. The molecule has 0 amide bonds.